The highest BCUT2D eigenvalue weighted by molar-refractivity contribution is 5.99. The number of anilines is 1. The molecule has 1 aromatic heterocycles. The van der Waals surface area contributed by atoms with E-state index >= 15 is 0 Å². The molecule has 5 nitrogen and oxygen atoms in total. The summed E-state index contributed by atoms with van der Waals surface area (Å²) in [6.45, 7) is 3.20. The normalized spacial score (nSPS) is 18.6. The van der Waals surface area contributed by atoms with Crippen molar-refractivity contribution in [3.05, 3.63) is 23.6 Å². The largest absolute Gasteiger partial charge is 0.396 e. The number of nitrogens with one attached hydrogen (secondary N) is 1. The Morgan fingerprint density at radius 2 is 2.38 bits per heavy atom. The van der Waals surface area contributed by atoms with E-state index in [-0.39, 0.29) is 24.1 Å². The van der Waals surface area contributed by atoms with Gasteiger partial charge in [0.1, 0.15) is 11.6 Å². The highest BCUT2D eigenvalue weighted by Crippen LogP contribution is 2.24. The number of amides is 1. The minimum Gasteiger partial charge on any atom is -0.396 e. The van der Waals surface area contributed by atoms with Crippen molar-refractivity contribution < 1.29 is 14.3 Å². The van der Waals surface area contributed by atoms with E-state index in [0.717, 1.165) is 25.5 Å². The van der Waals surface area contributed by atoms with Gasteiger partial charge < -0.3 is 15.3 Å². The zero-order valence-corrected chi connectivity index (χ0v) is 12.3. The molecular weight excluding hydrogens is 273 g/mol. The van der Waals surface area contributed by atoms with Gasteiger partial charge in [-0.25, -0.2) is 9.37 Å². The third-order valence-corrected chi connectivity index (χ3v) is 3.78. The average molecular weight is 295 g/mol. The second-order valence-corrected chi connectivity index (χ2v) is 5.24. The maximum absolute atomic E-state index is 13.5. The summed E-state index contributed by atoms with van der Waals surface area (Å²) in [5.74, 6) is -0.316. The highest BCUT2D eigenvalue weighted by atomic mass is 19.1. The van der Waals surface area contributed by atoms with Gasteiger partial charge in [0.25, 0.3) is 5.91 Å². The van der Waals surface area contributed by atoms with Gasteiger partial charge in [-0.3, -0.25) is 4.79 Å². The first kappa shape index (κ1) is 15.7. The van der Waals surface area contributed by atoms with Gasteiger partial charge >= 0.3 is 0 Å². The average Bonchev–Trinajstić information content (AvgIpc) is 2.49. The number of carbonyl (C=O) groups is 1. The van der Waals surface area contributed by atoms with E-state index in [1.165, 1.54) is 6.07 Å². The van der Waals surface area contributed by atoms with Crippen LogP contribution in [0.1, 0.15) is 43.0 Å². The second kappa shape index (κ2) is 7.36. The Hall–Kier alpha value is -1.69. The molecule has 2 heterocycles. The van der Waals surface area contributed by atoms with Crippen molar-refractivity contribution in [2.75, 3.05) is 25.0 Å². The van der Waals surface area contributed by atoms with Crippen LogP contribution >= 0.6 is 0 Å². The second-order valence-electron chi connectivity index (χ2n) is 5.24. The lowest BCUT2D eigenvalue weighted by Gasteiger charge is -2.35. The molecule has 1 atom stereocenters. The van der Waals surface area contributed by atoms with Crippen LogP contribution in [0.4, 0.5) is 10.2 Å². The molecule has 0 spiro atoms. The van der Waals surface area contributed by atoms with Gasteiger partial charge in [0.15, 0.2) is 0 Å². The molecule has 2 rings (SSSR count). The third kappa shape index (κ3) is 3.69. The fraction of sp³-hybridized carbons (Fsp3) is 0.600. The van der Waals surface area contributed by atoms with Crippen LogP contribution < -0.4 is 5.32 Å². The number of aliphatic hydroxyl groups excluding tert-OH is 1. The van der Waals surface area contributed by atoms with Crippen molar-refractivity contribution in [3.63, 3.8) is 0 Å². The molecule has 2 N–H and O–H groups in total. The van der Waals surface area contributed by atoms with Gasteiger partial charge in [0, 0.05) is 25.7 Å². The molecule has 0 aliphatic carbocycles. The summed E-state index contributed by atoms with van der Waals surface area (Å²) in [7, 11) is 0. The van der Waals surface area contributed by atoms with Crippen LogP contribution in [-0.2, 0) is 0 Å². The smallest absolute Gasteiger partial charge is 0.257 e. The number of aromatic nitrogens is 1. The van der Waals surface area contributed by atoms with Gasteiger partial charge in [-0.1, -0.05) is 0 Å². The SMILES string of the molecule is CCNc1ncc(F)cc1C(=O)N1CCCCC1CCO. The summed E-state index contributed by atoms with van der Waals surface area (Å²) in [6, 6.07) is 1.26. The number of halogens is 1. The molecule has 1 saturated heterocycles. The molecule has 21 heavy (non-hydrogen) atoms. The van der Waals surface area contributed by atoms with Gasteiger partial charge in [0.2, 0.25) is 0 Å². The Kier molecular flexibility index (Phi) is 5.50. The molecule has 0 bridgehead atoms. The van der Waals surface area contributed by atoms with E-state index in [9.17, 15) is 9.18 Å². The minimum atomic E-state index is -0.518. The predicted molar refractivity (Wildman–Crippen MR) is 78.7 cm³/mol. The third-order valence-electron chi connectivity index (χ3n) is 3.78. The van der Waals surface area contributed by atoms with Gasteiger partial charge in [-0.2, -0.15) is 0 Å². The molecule has 1 aliphatic heterocycles. The van der Waals surface area contributed by atoms with Gasteiger partial charge in [0.05, 0.1) is 11.8 Å². The predicted octanol–water partition coefficient (Wildman–Crippen LogP) is 2.03. The zero-order chi connectivity index (χ0) is 15.2. The van der Waals surface area contributed by atoms with E-state index in [1.807, 2.05) is 6.92 Å². The van der Waals surface area contributed by atoms with Crippen LogP contribution in [0.2, 0.25) is 0 Å². The molecule has 1 aromatic rings. The Morgan fingerprint density at radius 1 is 1.57 bits per heavy atom. The number of aliphatic hydroxyl groups is 1. The molecule has 1 fully saturated rings. The standard InChI is InChI=1S/C15H22FN3O2/c1-2-17-14-13(9-11(16)10-18-14)15(21)19-7-4-3-5-12(19)6-8-20/h9-10,12,20H,2-8H2,1H3,(H,17,18). The molecule has 1 amide bonds. The van der Waals surface area contributed by atoms with Crippen molar-refractivity contribution in [3.8, 4) is 0 Å². The van der Waals surface area contributed by atoms with Crippen LogP contribution in [0.25, 0.3) is 0 Å². The number of pyridine rings is 1. The lowest BCUT2D eigenvalue weighted by atomic mass is 9.98. The molecule has 0 radical (unpaired) electrons. The summed E-state index contributed by atoms with van der Waals surface area (Å²) >= 11 is 0. The molecule has 0 aromatic carbocycles. The number of nitrogens with zero attached hydrogens (tertiary/aromatic N) is 2. The van der Waals surface area contributed by atoms with E-state index in [4.69, 9.17) is 5.11 Å². The summed E-state index contributed by atoms with van der Waals surface area (Å²) in [5, 5.41) is 12.1. The van der Waals surface area contributed by atoms with Crippen molar-refractivity contribution in [2.45, 2.75) is 38.6 Å². The maximum Gasteiger partial charge on any atom is 0.257 e. The minimum absolute atomic E-state index is 0.0222. The Labute approximate surface area is 124 Å². The van der Waals surface area contributed by atoms with Crippen molar-refractivity contribution in [2.24, 2.45) is 0 Å². The van der Waals surface area contributed by atoms with E-state index in [0.29, 0.717) is 25.3 Å². The van der Waals surface area contributed by atoms with Crippen molar-refractivity contribution in [1.29, 1.82) is 0 Å². The first-order chi connectivity index (χ1) is 10.2. The highest BCUT2D eigenvalue weighted by Gasteiger charge is 2.29. The Morgan fingerprint density at radius 3 is 3.10 bits per heavy atom. The van der Waals surface area contributed by atoms with Crippen molar-refractivity contribution >= 4 is 11.7 Å². The van der Waals surface area contributed by atoms with E-state index in [2.05, 4.69) is 10.3 Å². The zero-order valence-electron chi connectivity index (χ0n) is 12.3. The van der Waals surface area contributed by atoms with E-state index in [1.54, 1.807) is 4.90 Å². The quantitative estimate of drug-likeness (QED) is 0.872. The number of piperidine rings is 1. The Bertz CT molecular complexity index is 494. The van der Waals surface area contributed by atoms with Crippen LogP contribution in [0.3, 0.4) is 0 Å². The number of likely N-dealkylation sites (tertiary alicyclic amines) is 1. The number of carbonyl (C=O) groups excluding carboxylic acids is 1. The summed E-state index contributed by atoms with van der Waals surface area (Å²) in [5.41, 5.74) is 0.265. The fourth-order valence-corrected chi connectivity index (χ4v) is 2.78. The fourth-order valence-electron chi connectivity index (χ4n) is 2.78. The van der Waals surface area contributed by atoms with Gasteiger partial charge in [-0.15, -0.1) is 0 Å². The summed E-state index contributed by atoms with van der Waals surface area (Å²) < 4.78 is 13.5. The van der Waals surface area contributed by atoms with E-state index < -0.39 is 5.82 Å². The number of hydrogen-bond donors (Lipinski definition) is 2. The lowest BCUT2D eigenvalue weighted by Crippen LogP contribution is -2.44. The van der Waals surface area contributed by atoms with Crippen molar-refractivity contribution in [1.82, 2.24) is 9.88 Å². The van der Waals surface area contributed by atoms with Crippen LogP contribution in [0.5, 0.6) is 0 Å². The molecule has 116 valence electrons. The molecule has 0 saturated carbocycles. The molecular formula is C15H22FN3O2. The maximum atomic E-state index is 13.5. The van der Waals surface area contributed by atoms with Crippen LogP contribution in [0, 0.1) is 5.82 Å². The van der Waals surface area contributed by atoms with Crippen LogP contribution in [0.15, 0.2) is 12.3 Å². The van der Waals surface area contributed by atoms with Gasteiger partial charge in [-0.05, 0) is 38.7 Å². The molecule has 6 heteroatoms. The first-order valence-corrected chi connectivity index (χ1v) is 7.48. The molecule has 1 unspecified atom stereocenters. The topological polar surface area (TPSA) is 65.5 Å². The number of rotatable bonds is 5. The lowest BCUT2D eigenvalue weighted by molar-refractivity contribution is 0.0574. The first-order valence-electron chi connectivity index (χ1n) is 7.48. The monoisotopic (exact) mass is 295 g/mol. The summed E-state index contributed by atoms with van der Waals surface area (Å²) in [4.78, 5) is 18.4. The summed E-state index contributed by atoms with van der Waals surface area (Å²) in [6.07, 6.45) is 4.54. The van der Waals surface area contributed by atoms with Crippen LogP contribution in [-0.4, -0.2) is 46.6 Å². The Balaban J connectivity index is 2.26. The molecule has 1 aliphatic rings. The number of hydrogen-bond acceptors (Lipinski definition) is 4.